The third-order valence-corrected chi connectivity index (χ3v) is 3.44. The average Bonchev–Trinajstić information content (AvgIpc) is 3.10. The summed E-state index contributed by atoms with van der Waals surface area (Å²) < 4.78 is 1.65. The van der Waals surface area contributed by atoms with Crippen LogP contribution in [0.1, 0.15) is 15.5 Å². The molecule has 0 aliphatic carbocycles. The first kappa shape index (κ1) is 12.5. The van der Waals surface area contributed by atoms with Crippen LogP contribution in [0, 0.1) is 6.92 Å². The van der Waals surface area contributed by atoms with Crippen LogP contribution in [-0.4, -0.2) is 25.9 Å². The smallest absolute Gasteiger partial charge is 0.275 e. The fraction of sp³-hybridized carbons (Fsp3) is 0.0769. The zero-order valence-corrected chi connectivity index (χ0v) is 11.5. The van der Waals surface area contributed by atoms with Gasteiger partial charge in [-0.05, 0) is 31.2 Å². The molecule has 1 N–H and O–H groups in total. The molecule has 1 amide bonds. The van der Waals surface area contributed by atoms with Crippen molar-refractivity contribution >= 4 is 22.9 Å². The van der Waals surface area contributed by atoms with E-state index < -0.39 is 0 Å². The number of hydrogen-bond donors (Lipinski definition) is 1. The topological polar surface area (TPSA) is 72.7 Å². The molecule has 0 fully saturated rings. The van der Waals surface area contributed by atoms with Gasteiger partial charge in [-0.25, -0.2) is 9.67 Å². The van der Waals surface area contributed by atoms with Gasteiger partial charge in [-0.2, -0.15) is 0 Å². The van der Waals surface area contributed by atoms with Crippen molar-refractivity contribution in [1.82, 2.24) is 20.0 Å². The molecule has 0 unspecified atom stereocenters. The number of hydrogen-bond acceptors (Lipinski definition) is 5. The van der Waals surface area contributed by atoms with E-state index in [0.717, 1.165) is 10.7 Å². The summed E-state index contributed by atoms with van der Waals surface area (Å²) in [5.41, 5.74) is 2.03. The summed E-state index contributed by atoms with van der Waals surface area (Å²) in [5, 5.41) is 13.1. The largest absolute Gasteiger partial charge is 0.321 e. The third-order valence-electron chi connectivity index (χ3n) is 2.66. The molecule has 0 atom stereocenters. The van der Waals surface area contributed by atoms with Gasteiger partial charge in [-0.3, -0.25) is 4.79 Å². The van der Waals surface area contributed by atoms with E-state index in [0.29, 0.717) is 11.4 Å². The number of thiazole rings is 1. The molecule has 7 heteroatoms. The Morgan fingerprint density at radius 1 is 1.30 bits per heavy atom. The number of nitrogens with zero attached hydrogens (tertiary/aromatic N) is 4. The number of rotatable bonds is 3. The van der Waals surface area contributed by atoms with Gasteiger partial charge in [-0.15, -0.1) is 16.4 Å². The molecule has 20 heavy (non-hydrogen) atoms. The minimum absolute atomic E-state index is 0.206. The van der Waals surface area contributed by atoms with Gasteiger partial charge in [-0.1, -0.05) is 5.21 Å². The number of nitrogens with one attached hydrogen (secondary N) is 1. The minimum Gasteiger partial charge on any atom is -0.321 e. The second-order valence-electron chi connectivity index (χ2n) is 4.10. The number of anilines is 1. The Labute approximate surface area is 119 Å². The summed E-state index contributed by atoms with van der Waals surface area (Å²) in [6.45, 7) is 1.87. The third kappa shape index (κ3) is 2.57. The Morgan fingerprint density at radius 2 is 2.10 bits per heavy atom. The molecule has 6 nitrogen and oxygen atoms in total. The summed E-state index contributed by atoms with van der Waals surface area (Å²) in [6, 6.07) is 7.34. The fourth-order valence-electron chi connectivity index (χ4n) is 1.71. The van der Waals surface area contributed by atoms with Gasteiger partial charge in [0.1, 0.15) is 5.69 Å². The lowest BCUT2D eigenvalue weighted by molar-refractivity contribution is 0.102. The predicted molar refractivity (Wildman–Crippen MR) is 76.2 cm³/mol. The van der Waals surface area contributed by atoms with Crippen LogP contribution in [0.5, 0.6) is 0 Å². The molecule has 0 spiro atoms. The maximum atomic E-state index is 11.9. The quantitative estimate of drug-likeness (QED) is 0.801. The van der Waals surface area contributed by atoms with Crippen molar-refractivity contribution in [3.63, 3.8) is 0 Å². The first-order chi connectivity index (χ1) is 9.72. The van der Waals surface area contributed by atoms with Crippen LogP contribution in [-0.2, 0) is 0 Å². The van der Waals surface area contributed by atoms with Crippen LogP contribution >= 0.6 is 11.3 Å². The average molecular weight is 285 g/mol. The van der Waals surface area contributed by atoms with Crippen molar-refractivity contribution in [2.45, 2.75) is 6.92 Å². The maximum absolute atomic E-state index is 11.9. The Balaban J connectivity index is 1.74. The lowest BCUT2D eigenvalue weighted by atomic mass is 10.2. The van der Waals surface area contributed by atoms with Gasteiger partial charge in [0, 0.05) is 11.1 Å². The van der Waals surface area contributed by atoms with E-state index in [-0.39, 0.29) is 5.91 Å². The van der Waals surface area contributed by atoms with Crippen molar-refractivity contribution in [3.8, 4) is 5.69 Å². The highest BCUT2D eigenvalue weighted by atomic mass is 32.1. The molecule has 2 aromatic heterocycles. The van der Waals surface area contributed by atoms with Gasteiger partial charge in [0.2, 0.25) is 0 Å². The van der Waals surface area contributed by atoms with Gasteiger partial charge < -0.3 is 5.32 Å². The highest BCUT2D eigenvalue weighted by molar-refractivity contribution is 7.09. The standard InChI is InChI=1S/C13H11N5OS/c1-9-15-12(8-20-9)13(19)16-10-2-4-11(5-3-10)18-7-6-14-17-18/h2-8H,1H3,(H,16,19). The summed E-state index contributed by atoms with van der Waals surface area (Å²) >= 11 is 1.45. The van der Waals surface area contributed by atoms with E-state index in [4.69, 9.17) is 0 Å². The number of amides is 1. The van der Waals surface area contributed by atoms with Gasteiger partial charge in [0.05, 0.1) is 23.1 Å². The second-order valence-corrected chi connectivity index (χ2v) is 5.16. The molecule has 0 bridgehead atoms. The molecule has 0 aliphatic heterocycles. The van der Waals surface area contributed by atoms with Crippen LogP contribution in [0.15, 0.2) is 42.0 Å². The first-order valence-electron chi connectivity index (χ1n) is 5.92. The van der Waals surface area contributed by atoms with Crippen LogP contribution in [0.25, 0.3) is 5.69 Å². The number of aromatic nitrogens is 4. The Morgan fingerprint density at radius 3 is 2.70 bits per heavy atom. The number of carbonyl (C=O) groups excluding carboxylic acids is 1. The van der Waals surface area contributed by atoms with Crippen molar-refractivity contribution < 1.29 is 4.79 Å². The fourth-order valence-corrected chi connectivity index (χ4v) is 2.30. The van der Waals surface area contributed by atoms with Gasteiger partial charge >= 0.3 is 0 Å². The minimum atomic E-state index is -0.206. The zero-order valence-electron chi connectivity index (χ0n) is 10.6. The van der Waals surface area contributed by atoms with Crippen LogP contribution in [0.3, 0.4) is 0 Å². The number of aryl methyl sites for hydroxylation is 1. The first-order valence-corrected chi connectivity index (χ1v) is 6.80. The van der Waals surface area contributed by atoms with E-state index in [1.54, 1.807) is 22.5 Å². The van der Waals surface area contributed by atoms with E-state index in [1.165, 1.54) is 11.3 Å². The molecule has 1 aromatic carbocycles. The molecule has 0 saturated carbocycles. The molecule has 0 radical (unpaired) electrons. The summed E-state index contributed by atoms with van der Waals surface area (Å²) in [5.74, 6) is -0.206. The highest BCUT2D eigenvalue weighted by Gasteiger charge is 2.09. The highest BCUT2D eigenvalue weighted by Crippen LogP contribution is 2.14. The number of carbonyl (C=O) groups is 1. The molecule has 3 rings (SSSR count). The molecular weight excluding hydrogens is 274 g/mol. The van der Waals surface area contributed by atoms with Gasteiger partial charge in [0.25, 0.3) is 5.91 Å². The Bertz CT molecular complexity index is 718. The lowest BCUT2D eigenvalue weighted by Crippen LogP contribution is -2.12. The molecule has 0 aliphatic rings. The second kappa shape index (κ2) is 5.22. The van der Waals surface area contributed by atoms with Crippen LogP contribution in [0.4, 0.5) is 5.69 Å². The normalized spacial score (nSPS) is 10.4. The van der Waals surface area contributed by atoms with E-state index in [1.807, 2.05) is 31.2 Å². The lowest BCUT2D eigenvalue weighted by Gasteiger charge is -2.05. The summed E-state index contributed by atoms with van der Waals surface area (Å²) in [7, 11) is 0. The van der Waals surface area contributed by atoms with Crippen molar-refractivity contribution in [1.29, 1.82) is 0 Å². The SMILES string of the molecule is Cc1nc(C(=O)Nc2ccc(-n3ccnn3)cc2)cs1. The van der Waals surface area contributed by atoms with Crippen LogP contribution < -0.4 is 5.32 Å². The predicted octanol–water partition coefficient (Wildman–Crippen LogP) is 2.28. The molecule has 100 valence electrons. The van der Waals surface area contributed by atoms with E-state index in [9.17, 15) is 4.79 Å². The zero-order chi connectivity index (χ0) is 13.9. The number of benzene rings is 1. The van der Waals surface area contributed by atoms with Crippen molar-refractivity contribution in [2.75, 3.05) is 5.32 Å². The Hall–Kier alpha value is -2.54. The monoisotopic (exact) mass is 285 g/mol. The molecule has 3 aromatic rings. The Kier molecular flexibility index (Phi) is 3.26. The van der Waals surface area contributed by atoms with Gasteiger partial charge in [0.15, 0.2) is 0 Å². The van der Waals surface area contributed by atoms with Crippen LogP contribution in [0.2, 0.25) is 0 Å². The summed E-state index contributed by atoms with van der Waals surface area (Å²) in [4.78, 5) is 16.1. The van der Waals surface area contributed by atoms with E-state index in [2.05, 4.69) is 20.6 Å². The maximum Gasteiger partial charge on any atom is 0.275 e. The molecule has 0 saturated heterocycles. The molecule has 2 heterocycles. The molecular formula is C13H11N5OS. The summed E-state index contributed by atoms with van der Waals surface area (Å²) in [6.07, 6.45) is 3.37. The van der Waals surface area contributed by atoms with E-state index >= 15 is 0 Å². The van der Waals surface area contributed by atoms with Crippen molar-refractivity contribution in [3.05, 3.63) is 52.7 Å². The van der Waals surface area contributed by atoms with Crippen molar-refractivity contribution in [2.24, 2.45) is 0 Å².